The van der Waals surface area contributed by atoms with Crippen LogP contribution >= 0.6 is 0 Å². The van der Waals surface area contributed by atoms with Gasteiger partial charge in [-0.05, 0) is 42.0 Å². The van der Waals surface area contributed by atoms with E-state index in [1.165, 1.54) is 12.1 Å². The molecule has 2 aromatic carbocycles. The van der Waals surface area contributed by atoms with Gasteiger partial charge >= 0.3 is 0 Å². The normalized spacial score (nSPS) is 14.1. The third kappa shape index (κ3) is 2.69. The minimum atomic E-state index is -0.418. The number of phenols is 1. The van der Waals surface area contributed by atoms with Crippen LogP contribution in [-0.4, -0.2) is 22.3 Å². The Hall–Kier alpha value is -2.89. The van der Waals surface area contributed by atoms with E-state index in [0.29, 0.717) is 0 Å². The summed E-state index contributed by atoms with van der Waals surface area (Å²) >= 11 is 0. The Bertz CT molecular complexity index is 693. The minimum Gasteiger partial charge on any atom is -0.508 e. The molecular formula is C15H13N3O3. The van der Waals surface area contributed by atoms with E-state index < -0.39 is 4.92 Å². The Morgan fingerprint density at radius 1 is 1.10 bits per heavy atom. The summed E-state index contributed by atoms with van der Waals surface area (Å²) < 4.78 is 0. The topological polar surface area (TPSA) is 79.0 Å². The van der Waals surface area contributed by atoms with Gasteiger partial charge in [-0.25, -0.2) is 0 Å². The van der Waals surface area contributed by atoms with Crippen LogP contribution in [0.3, 0.4) is 0 Å². The maximum Gasteiger partial charge on any atom is 0.269 e. The number of hydrazone groups is 1. The molecule has 0 atom stereocenters. The van der Waals surface area contributed by atoms with Gasteiger partial charge in [0.15, 0.2) is 0 Å². The largest absolute Gasteiger partial charge is 0.508 e. The lowest BCUT2D eigenvalue weighted by Gasteiger charge is -2.12. The van der Waals surface area contributed by atoms with Crippen LogP contribution in [0.5, 0.6) is 5.75 Å². The number of benzene rings is 2. The highest BCUT2D eigenvalue weighted by atomic mass is 16.6. The summed E-state index contributed by atoms with van der Waals surface area (Å²) in [7, 11) is 0. The fourth-order valence-electron chi connectivity index (χ4n) is 2.25. The molecule has 6 nitrogen and oxygen atoms in total. The lowest BCUT2D eigenvalue weighted by Crippen LogP contribution is -2.11. The Morgan fingerprint density at radius 3 is 2.38 bits per heavy atom. The Kier molecular flexibility index (Phi) is 3.27. The molecule has 0 radical (unpaired) electrons. The van der Waals surface area contributed by atoms with Crippen molar-refractivity contribution in [2.24, 2.45) is 5.10 Å². The molecule has 0 saturated carbocycles. The van der Waals surface area contributed by atoms with Gasteiger partial charge in [0, 0.05) is 25.1 Å². The Labute approximate surface area is 121 Å². The third-order valence-corrected chi connectivity index (χ3v) is 3.36. The second-order valence-corrected chi connectivity index (χ2v) is 4.74. The van der Waals surface area contributed by atoms with Gasteiger partial charge in [0.25, 0.3) is 5.69 Å². The summed E-state index contributed by atoms with van der Waals surface area (Å²) in [4.78, 5) is 10.2. The molecule has 1 aliphatic heterocycles. The summed E-state index contributed by atoms with van der Waals surface area (Å²) in [6.07, 6.45) is 0.793. The van der Waals surface area contributed by atoms with Crippen molar-refractivity contribution in [3.63, 3.8) is 0 Å². The third-order valence-electron chi connectivity index (χ3n) is 3.36. The lowest BCUT2D eigenvalue weighted by molar-refractivity contribution is -0.384. The first-order valence-electron chi connectivity index (χ1n) is 6.52. The molecule has 0 spiro atoms. The standard InChI is InChI=1S/C15H13N3O3/c19-14-7-1-11(2-8-14)15-9-10-17(16-15)12-3-5-13(6-4-12)18(20)21/h1-8,19H,9-10H2. The Morgan fingerprint density at radius 2 is 1.76 bits per heavy atom. The van der Waals surface area contributed by atoms with Crippen molar-refractivity contribution in [1.29, 1.82) is 0 Å². The number of rotatable bonds is 3. The van der Waals surface area contributed by atoms with Gasteiger partial charge in [0.05, 0.1) is 16.3 Å². The number of nitrogens with zero attached hydrogens (tertiary/aromatic N) is 3. The molecule has 106 valence electrons. The monoisotopic (exact) mass is 283 g/mol. The predicted molar refractivity (Wildman–Crippen MR) is 79.7 cm³/mol. The van der Waals surface area contributed by atoms with Crippen molar-refractivity contribution < 1.29 is 10.0 Å². The van der Waals surface area contributed by atoms with Crippen LogP contribution in [0.25, 0.3) is 0 Å². The molecule has 0 fully saturated rings. The zero-order valence-corrected chi connectivity index (χ0v) is 11.1. The molecule has 0 unspecified atom stereocenters. The zero-order valence-electron chi connectivity index (χ0n) is 11.1. The van der Waals surface area contributed by atoms with Crippen LogP contribution < -0.4 is 5.01 Å². The average Bonchev–Trinajstić information content (AvgIpc) is 2.98. The first-order chi connectivity index (χ1) is 10.1. The molecule has 0 aliphatic carbocycles. The highest BCUT2D eigenvalue weighted by molar-refractivity contribution is 6.02. The first kappa shape index (κ1) is 13.1. The maximum absolute atomic E-state index is 10.6. The number of aromatic hydroxyl groups is 1. The minimum absolute atomic E-state index is 0.0701. The average molecular weight is 283 g/mol. The molecule has 1 heterocycles. The zero-order chi connectivity index (χ0) is 14.8. The number of nitro groups is 1. The highest BCUT2D eigenvalue weighted by Crippen LogP contribution is 2.24. The van der Waals surface area contributed by atoms with E-state index in [2.05, 4.69) is 5.10 Å². The number of nitro benzene ring substituents is 1. The highest BCUT2D eigenvalue weighted by Gasteiger charge is 2.18. The van der Waals surface area contributed by atoms with Crippen molar-refractivity contribution in [3.8, 4) is 5.75 Å². The van der Waals surface area contributed by atoms with Gasteiger partial charge in [0.1, 0.15) is 5.75 Å². The van der Waals surface area contributed by atoms with Gasteiger partial charge in [-0.15, -0.1) is 0 Å². The number of non-ortho nitro benzene ring substituents is 1. The van der Waals surface area contributed by atoms with Crippen LogP contribution in [0.2, 0.25) is 0 Å². The van der Waals surface area contributed by atoms with Gasteiger partial charge in [-0.1, -0.05) is 0 Å². The van der Waals surface area contributed by atoms with Gasteiger partial charge < -0.3 is 5.11 Å². The summed E-state index contributed by atoms with van der Waals surface area (Å²) in [6.45, 7) is 0.730. The van der Waals surface area contributed by atoms with E-state index in [4.69, 9.17) is 0 Å². The van der Waals surface area contributed by atoms with E-state index in [9.17, 15) is 15.2 Å². The summed E-state index contributed by atoms with van der Waals surface area (Å²) in [5.41, 5.74) is 2.81. The van der Waals surface area contributed by atoms with Crippen molar-refractivity contribution in [1.82, 2.24) is 0 Å². The second kappa shape index (κ2) is 5.24. The molecule has 0 bridgehead atoms. The number of phenolic OH excluding ortho intramolecular Hbond substituents is 1. The van der Waals surface area contributed by atoms with E-state index in [0.717, 1.165) is 29.9 Å². The molecule has 1 N–H and O–H groups in total. The maximum atomic E-state index is 10.6. The van der Waals surface area contributed by atoms with Gasteiger partial charge in [-0.2, -0.15) is 5.10 Å². The van der Waals surface area contributed by atoms with Gasteiger partial charge in [-0.3, -0.25) is 15.1 Å². The van der Waals surface area contributed by atoms with Crippen molar-refractivity contribution >= 4 is 17.1 Å². The molecular weight excluding hydrogens is 270 g/mol. The molecule has 0 aromatic heterocycles. The molecule has 6 heteroatoms. The molecule has 21 heavy (non-hydrogen) atoms. The lowest BCUT2D eigenvalue weighted by atomic mass is 10.1. The summed E-state index contributed by atoms with van der Waals surface area (Å²) in [5.74, 6) is 0.226. The Balaban J connectivity index is 1.81. The summed E-state index contributed by atoms with van der Waals surface area (Å²) in [6, 6.07) is 13.3. The van der Waals surface area contributed by atoms with Crippen molar-refractivity contribution in [2.75, 3.05) is 11.6 Å². The number of hydrogen-bond acceptors (Lipinski definition) is 5. The van der Waals surface area contributed by atoms with Crippen LogP contribution in [0, 0.1) is 10.1 Å². The van der Waals surface area contributed by atoms with Crippen molar-refractivity contribution in [3.05, 3.63) is 64.2 Å². The van der Waals surface area contributed by atoms with Crippen LogP contribution in [0.15, 0.2) is 53.6 Å². The molecule has 1 aliphatic rings. The summed E-state index contributed by atoms with van der Waals surface area (Å²) in [5, 5.41) is 26.3. The van der Waals surface area contributed by atoms with Crippen molar-refractivity contribution in [2.45, 2.75) is 6.42 Å². The van der Waals surface area contributed by atoms with Crippen LogP contribution in [0.1, 0.15) is 12.0 Å². The number of hydrogen-bond donors (Lipinski definition) is 1. The van der Waals surface area contributed by atoms with E-state index >= 15 is 0 Å². The first-order valence-corrected chi connectivity index (χ1v) is 6.52. The van der Waals surface area contributed by atoms with Crippen LogP contribution in [0.4, 0.5) is 11.4 Å². The van der Waals surface area contributed by atoms with Crippen LogP contribution in [-0.2, 0) is 0 Å². The van der Waals surface area contributed by atoms with E-state index in [-0.39, 0.29) is 11.4 Å². The predicted octanol–water partition coefficient (Wildman–Crippen LogP) is 2.91. The smallest absolute Gasteiger partial charge is 0.269 e. The molecule has 2 aromatic rings. The SMILES string of the molecule is O=[N+]([O-])c1ccc(N2CCC(c3ccc(O)cc3)=N2)cc1. The second-order valence-electron chi connectivity index (χ2n) is 4.74. The fraction of sp³-hybridized carbons (Fsp3) is 0.133. The van der Waals surface area contributed by atoms with E-state index in [1.54, 1.807) is 24.3 Å². The molecule has 3 rings (SSSR count). The molecule has 0 saturated heterocycles. The quantitative estimate of drug-likeness (QED) is 0.694. The van der Waals surface area contributed by atoms with E-state index in [1.807, 2.05) is 17.1 Å². The fourth-order valence-corrected chi connectivity index (χ4v) is 2.25. The number of anilines is 1. The molecule has 0 amide bonds. The van der Waals surface area contributed by atoms with Gasteiger partial charge in [0.2, 0.25) is 0 Å².